The van der Waals surface area contributed by atoms with Crippen LogP contribution >= 0.6 is 0 Å². The van der Waals surface area contributed by atoms with Gasteiger partial charge in [0.2, 0.25) is 0 Å². The zero-order chi connectivity index (χ0) is 14.8. The Labute approximate surface area is 122 Å². The number of nitrogens with two attached hydrogens (primary N) is 1. The molecule has 6 heteroatoms. The molecule has 6 nitrogen and oxygen atoms in total. The molecule has 0 aliphatic carbocycles. The highest BCUT2D eigenvalue weighted by Gasteiger charge is 2.26. The number of pyridine rings is 1. The smallest absolute Gasteiger partial charge is 0.256 e. The minimum atomic E-state index is -0.0157. The highest BCUT2D eigenvalue weighted by Crippen LogP contribution is 2.25. The fourth-order valence-corrected chi connectivity index (χ4v) is 2.66. The molecule has 21 heavy (non-hydrogen) atoms. The summed E-state index contributed by atoms with van der Waals surface area (Å²) < 4.78 is 5.39. The zero-order valence-corrected chi connectivity index (χ0v) is 11.9. The first-order chi connectivity index (χ1) is 10.2. The molecule has 0 spiro atoms. The molecule has 3 rings (SSSR count). The number of anilines is 1. The first-order valence-electron chi connectivity index (χ1n) is 6.95. The Morgan fingerprint density at radius 3 is 2.90 bits per heavy atom. The van der Waals surface area contributed by atoms with Crippen LogP contribution in [0.3, 0.4) is 0 Å². The minimum absolute atomic E-state index is 0.0157. The van der Waals surface area contributed by atoms with Crippen LogP contribution in [-0.4, -0.2) is 41.6 Å². The molecule has 1 unspecified atom stereocenters. The average molecular weight is 286 g/mol. The number of hydrogen-bond acceptors (Lipinski definition) is 5. The van der Waals surface area contributed by atoms with Crippen LogP contribution in [0.1, 0.15) is 17.3 Å². The minimum Gasteiger partial charge on any atom is -0.377 e. The number of ether oxygens (including phenoxy) is 1. The number of nitrogens with one attached hydrogen (secondary N) is 1. The van der Waals surface area contributed by atoms with Crippen molar-refractivity contribution in [2.45, 2.75) is 13.0 Å². The van der Waals surface area contributed by atoms with Crippen molar-refractivity contribution in [2.24, 2.45) is 5.84 Å². The maximum absolute atomic E-state index is 12.8. The van der Waals surface area contributed by atoms with E-state index in [1.165, 1.54) is 0 Å². The first-order valence-corrected chi connectivity index (χ1v) is 6.95. The Kier molecular flexibility index (Phi) is 3.72. The molecule has 1 aromatic carbocycles. The van der Waals surface area contributed by atoms with Crippen LogP contribution in [0.15, 0.2) is 30.5 Å². The number of aromatic nitrogens is 1. The molecule has 0 radical (unpaired) electrons. The molecule has 1 aromatic heterocycles. The number of carbonyl (C=O) groups is 1. The van der Waals surface area contributed by atoms with Crippen LogP contribution in [0, 0.1) is 0 Å². The lowest BCUT2D eigenvalue weighted by atomic mass is 10.1. The zero-order valence-electron chi connectivity index (χ0n) is 11.9. The third kappa shape index (κ3) is 2.43. The molecule has 1 aliphatic rings. The predicted octanol–water partition coefficient (Wildman–Crippen LogP) is 1.38. The van der Waals surface area contributed by atoms with Gasteiger partial charge in [-0.25, -0.2) is 10.8 Å². The molecule has 1 aliphatic heterocycles. The van der Waals surface area contributed by atoms with Crippen molar-refractivity contribution in [3.63, 3.8) is 0 Å². The van der Waals surface area contributed by atoms with Gasteiger partial charge in [-0.1, -0.05) is 24.3 Å². The number of benzene rings is 1. The number of hydrazine groups is 1. The molecule has 1 fully saturated rings. The van der Waals surface area contributed by atoms with E-state index < -0.39 is 0 Å². The topological polar surface area (TPSA) is 80.5 Å². The van der Waals surface area contributed by atoms with Gasteiger partial charge in [0.1, 0.15) is 5.82 Å². The van der Waals surface area contributed by atoms with Gasteiger partial charge in [0.05, 0.1) is 24.8 Å². The Bertz CT molecular complexity index is 674. The van der Waals surface area contributed by atoms with Crippen LogP contribution in [0.5, 0.6) is 0 Å². The van der Waals surface area contributed by atoms with Gasteiger partial charge in [-0.2, -0.15) is 0 Å². The Hall–Kier alpha value is -2.18. The number of hydrogen-bond donors (Lipinski definition) is 2. The fraction of sp³-hybridized carbons (Fsp3) is 0.333. The summed E-state index contributed by atoms with van der Waals surface area (Å²) in [5.74, 6) is 6.03. The van der Waals surface area contributed by atoms with E-state index in [1.807, 2.05) is 36.1 Å². The maximum Gasteiger partial charge on any atom is 0.256 e. The molecule has 1 atom stereocenters. The number of fused-ring (bicyclic) bond motifs is 1. The van der Waals surface area contributed by atoms with E-state index in [0.29, 0.717) is 31.1 Å². The molecule has 0 saturated carbocycles. The highest BCUT2D eigenvalue weighted by atomic mass is 16.5. The number of carbonyl (C=O) groups excluding carboxylic acids is 1. The molecule has 0 bridgehead atoms. The average Bonchev–Trinajstić information content (AvgIpc) is 2.53. The molecule has 110 valence electrons. The van der Waals surface area contributed by atoms with Crippen molar-refractivity contribution in [3.8, 4) is 0 Å². The van der Waals surface area contributed by atoms with E-state index in [0.717, 1.165) is 10.8 Å². The standard InChI is InChI=1S/C15H18N4O2/c1-10-9-21-7-6-19(10)15(20)13-8-17-14(18-16)12-5-3-2-4-11(12)13/h2-5,8,10H,6-7,9,16H2,1H3,(H,17,18). The lowest BCUT2D eigenvalue weighted by Gasteiger charge is -2.33. The van der Waals surface area contributed by atoms with Gasteiger partial charge in [-0.15, -0.1) is 0 Å². The molecule has 3 N–H and O–H groups in total. The van der Waals surface area contributed by atoms with Crippen LogP contribution in [-0.2, 0) is 4.74 Å². The van der Waals surface area contributed by atoms with Crippen molar-refractivity contribution in [2.75, 3.05) is 25.2 Å². The van der Waals surface area contributed by atoms with Crippen molar-refractivity contribution >= 4 is 22.5 Å². The van der Waals surface area contributed by atoms with Gasteiger partial charge in [-0.3, -0.25) is 4.79 Å². The van der Waals surface area contributed by atoms with E-state index in [4.69, 9.17) is 10.6 Å². The van der Waals surface area contributed by atoms with E-state index >= 15 is 0 Å². The third-order valence-corrected chi connectivity index (χ3v) is 3.79. The summed E-state index contributed by atoms with van der Waals surface area (Å²) in [5.41, 5.74) is 3.16. The predicted molar refractivity (Wildman–Crippen MR) is 80.9 cm³/mol. The number of morpholine rings is 1. The van der Waals surface area contributed by atoms with Gasteiger partial charge in [0, 0.05) is 18.1 Å². The fourth-order valence-electron chi connectivity index (χ4n) is 2.66. The second-order valence-electron chi connectivity index (χ2n) is 5.13. The van der Waals surface area contributed by atoms with Crippen molar-refractivity contribution in [3.05, 3.63) is 36.0 Å². The molecular weight excluding hydrogens is 268 g/mol. The SMILES string of the molecule is CC1COCCN1C(=O)c1cnc(NN)c2ccccc12. The summed E-state index contributed by atoms with van der Waals surface area (Å²) in [5, 5.41) is 1.69. The van der Waals surface area contributed by atoms with Gasteiger partial charge >= 0.3 is 0 Å². The Balaban J connectivity index is 2.06. The van der Waals surface area contributed by atoms with E-state index in [9.17, 15) is 4.79 Å². The molecule has 1 amide bonds. The first kappa shape index (κ1) is 13.8. The summed E-state index contributed by atoms with van der Waals surface area (Å²) in [6.45, 7) is 3.73. The van der Waals surface area contributed by atoms with Crippen LogP contribution in [0.4, 0.5) is 5.82 Å². The van der Waals surface area contributed by atoms with Crippen molar-refractivity contribution in [1.82, 2.24) is 9.88 Å². The Morgan fingerprint density at radius 2 is 2.19 bits per heavy atom. The number of nitrogen functional groups attached to an aromatic ring is 1. The second-order valence-corrected chi connectivity index (χ2v) is 5.13. The quantitative estimate of drug-likeness (QED) is 0.644. The molecule has 2 aromatic rings. The van der Waals surface area contributed by atoms with E-state index in [2.05, 4.69) is 10.4 Å². The molecular formula is C15H18N4O2. The van der Waals surface area contributed by atoms with Gasteiger partial charge in [0.15, 0.2) is 0 Å². The van der Waals surface area contributed by atoms with E-state index in [1.54, 1.807) is 6.20 Å². The largest absolute Gasteiger partial charge is 0.377 e. The highest BCUT2D eigenvalue weighted by molar-refractivity contribution is 6.09. The summed E-state index contributed by atoms with van der Waals surface area (Å²) in [7, 11) is 0. The maximum atomic E-state index is 12.8. The van der Waals surface area contributed by atoms with Gasteiger partial charge in [0.25, 0.3) is 5.91 Å². The van der Waals surface area contributed by atoms with Crippen LogP contribution < -0.4 is 11.3 Å². The van der Waals surface area contributed by atoms with Crippen LogP contribution in [0.2, 0.25) is 0 Å². The second kappa shape index (κ2) is 5.67. The number of rotatable bonds is 2. The molecule has 2 heterocycles. The van der Waals surface area contributed by atoms with E-state index in [-0.39, 0.29) is 11.9 Å². The van der Waals surface area contributed by atoms with Gasteiger partial charge < -0.3 is 15.1 Å². The normalized spacial score (nSPS) is 18.8. The molecule has 1 saturated heterocycles. The number of nitrogens with zero attached hydrogens (tertiary/aromatic N) is 2. The summed E-state index contributed by atoms with van der Waals surface area (Å²) >= 11 is 0. The van der Waals surface area contributed by atoms with Crippen molar-refractivity contribution < 1.29 is 9.53 Å². The lowest BCUT2D eigenvalue weighted by molar-refractivity contribution is 0.00368. The van der Waals surface area contributed by atoms with Crippen LogP contribution in [0.25, 0.3) is 10.8 Å². The lowest BCUT2D eigenvalue weighted by Crippen LogP contribution is -2.47. The summed E-state index contributed by atoms with van der Waals surface area (Å²) in [4.78, 5) is 18.9. The third-order valence-electron chi connectivity index (χ3n) is 3.79. The van der Waals surface area contributed by atoms with Crippen molar-refractivity contribution in [1.29, 1.82) is 0 Å². The number of amides is 1. The Morgan fingerprint density at radius 1 is 1.43 bits per heavy atom. The summed E-state index contributed by atoms with van der Waals surface area (Å²) in [6.07, 6.45) is 1.59. The summed E-state index contributed by atoms with van der Waals surface area (Å²) in [6, 6.07) is 7.68. The monoisotopic (exact) mass is 286 g/mol. The van der Waals surface area contributed by atoms with Gasteiger partial charge in [-0.05, 0) is 12.3 Å².